The first kappa shape index (κ1) is 16.2. The number of hydrogen-bond acceptors (Lipinski definition) is 2. The summed E-state index contributed by atoms with van der Waals surface area (Å²) < 4.78 is 29.4. The van der Waals surface area contributed by atoms with Crippen LogP contribution in [0.3, 0.4) is 0 Å². The van der Waals surface area contributed by atoms with Crippen LogP contribution in [0, 0.1) is 5.92 Å². The molecule has 0 atom stereocenters. The highest BCUT2D eigenvalue weighted by atomic mass is 19.3. The lowest BCUT2D eigenvalue weighted by atomic mass is 9.83. The zero-order valence-electron chi connectivity index (χ0n) is 12.0. The summed E-state index contributed by atoms with van der Waals surface area (Å²) in [5, 5.41) is 2.85. The van der Waals surface area contributed by atoms with Crippen molar-refractivity contribution in [3.05, 3.63) is 0 Å². The zero-order chi connectivity index (χ0) is 14.5. The topological polar surface area (TPSA) is 38.3 Å². The van der Waals surface area contributed by atoms with Crippen LogP contribution in [0.2, 0.25) is 0 Å². The van der Waals surface area contributed by atoms with Gasteiger partial charge in [-0.3, -0.25) is 0 Å². The van der Waals surface area contributed by atoms with Crippen LogP contribution < -0.4 is 5.32 Å². The summed E-state index contributed by atoms with van der Waals surface area (Å²) in [6, 6.07) is 0.123. The lowest BCUT2D eigenvalue weighted by Gasteiger charge is -2.30. The minimum atomic E-state index is -2.20. The van der Waals surface area contributed by atoms with E-state index in [1.54, 1.807) is 0 Å². The number of hydrogen-bond donors (Lipinski definition) is 1. The second-order valence-corrected chi connectivity index (χ2v) is 6.33. The van der Waals surface area contributed by atoms with Gasteiger partial charge >= 0.3 is 6.09 Å². The molecule has 1 aliphatic rings. The normalized spacial score (nSPS) is 24.3. The van der Waals surface area contributed by atoms with E-state index in [9.17, 15) is 13.6 Å². The number of alkyl carbamates (subject to hydrolysis) is 1. The van der Waals surface area contributed by atoms with Crippen LogP contribution in [-0.2, 0) is 4.74 Å². The maximum Gasteiger partial charge on any atom is 0.407 e. The monoisotopic (exact) mass is 277 g/mol. The van der Waals surface area contributed by atoms with E-state index < -0.39 is 12.0 Å². The summed E-state index contributed by atoms with van der Waals surface area (Å²) in [5.41, 5.74) is -0.488. The fraction of sp³-hybridized carbons (Fsp3) is 0.929. The Morgan fingerprint density at radius 3 is 2.32 bits per heavy atom. The molecule has 112 valence electrons. The molecule has 1 saturated carbocycles. The Bertz CT molecular complexity index is 282. The predicted molar refractivity (Wildman–Crippen MR) is 70.4 cm³/mol. The SMILES string of the molecule is CC(C)(C)OC(=O)NC1CCC(CCC(F)F)CC1. The Morgan fingerprint density at radius 2 is 1.84 bits per heavy atom. The smallest absolute Gasteiger partial charge is 0.407 e. The third kappa shape index (κ3) is 7.33. The first-order valence-electron chi connectivity index (χ1n) is 7.04. The lowest BCUT2D eigenvalue weighted by Crippen LogP contribution is -2.40. The predicted octanol–water partition coefficient (Wildman–Crippen LogP) is 4.12. The van der Waals surface area contributed by atoms with Crippen molar-refractivity contribution in [2.75, 3.05) is 0 Å². The molecule has 1 N–H and O–H groups in total. The van der Waals surface area contributed by atoms with E-state index in [0.29, 0.717) is 12.3 Å². The lowest BCUT2D eigenvalue weighted by molar-refractivity contribution is 0.0485. The highest BCUT2D eigenvalue weighted by Gasteiger charge is 2.25. The maximum absolute atomic E-state index is 12.1. The minimum absolute atomic E-state index is 0.00513. The molecule has 0 aliphatic heterocycles. The number of halogens is 2. The van der Waals surface area contributed by atoms with Gasteiger partial charge in [0, 0.05) is 12.5 Å². The van der Waals surface area contributed by atoms with Gasteiger partial charge in [0.05, 0.1) is 0 Å². The second-order valence-electron chi connectivity index (χ2n) is 6.33. The van der Waals surface area contributed by atoms with Crippen LogP contribution in [0.25, 0.3) is 0 Å². The van der Waals surface area contributed by atoms with Gasteiger partial charge in [-0.1, -0.05) is 0 Å². The summed E-state index contributed by atoms with van der Waals surface area (Å²) >= 11 is 0. The van der Waals surface area contributed by atoms with Crippen molar-refractivity contribution < 1.29 is 18.3 Å². The Labute approximate surface area is 114 Å². The van der Waals surface area contributed by atoms with Crippen molar-refractivity contribution in [2.45, 2.75) is 77.4 Å². The van der Waals surface area contributed by atoms with Gasteiger partial charge in [-0.05, 0) is 58.8 Å². The van der Waals surface area contributed by atoms with E-state index in [1.165, 1.54) is 0 Å². The van der Waals surface area contributed by atoms with Crippen molar-refractivity contribution in [2.24, 2.45) is 5.92 Å². The number of carbonyl (C=O) groups is 1. The molecule has 0 saturated heterocycles. The van der Waals surface area contributed by atoms with E-state index in [0.717, 1.165) is 25.7 Å². The standard InChI is InChI=1S/C14H25F2NO2/c1-14(2,3)19-13(18)17-11-7-4-10(5-8-11)6-9-12(15)16/h10-12H,4-9H2,1-3H3,(H,17,18). The number of ether oxygens (including phenoxy) is 1. The third-order valence-electron chi connectivity index (χ3n) is 3.36. The molecule has 0 aromatic heterocycles. The van der Waals surface area contributed by atoms with E-state index >= 15 is 0 Å². The molecule has 0 aromatic rings. The van der Waals surface area contributed by atoms with Crippen molar-refractivity contribution >= 4 is 6.09 Å². The fourth-order valence-electron chi connectivity index (χ4n) is 2.43. The first-order chi connectivity index (χ1) is 8.76. The molecule has 1 fully saturated rings. The molecule has 1 aliphatic carbocycles. The molecule has 3 nitrogen and oxygen atoms in total. The zero-order valence-corrected chi connectivity index (χ0v) is 12.0. The van der Waals surface area contributed by atoms with Crippen LogP contribution in [-0.4, -0.2) is 24.2 Å². The second kappa shape index (κ2) is 7.06. The van der Waals surface area contributed by atoms with E-state index in [-0.39, 0.29) is 18.6 Å². The molecule has 0 unspecified atom stereocenters. The molecule has 0 heterocycles. The third-order valence-corrected chi connectivity index (χ3v) is 3.36. The number of rotatable bonds is 4. The molecule has 19 heavy (non-hydrogen) atoms. The quantitative estimate of drug-likeness (QED) is 0.839. The summed E-state index contributed by atoms with van der Waals surface area (Å²) in [7, 11) is 0. The summed E-state index contributed by atoms with van der Waals surface area (Å²) in [4.78, 5) is 11.6. The number of amides is 1. The molecule has 0 aromatic carbocycles. The van der Waals surface area contributed by atoms with Crippen LogP contribution in [0.15, 0.2) is 0 Å². The Morgan fingerprint density at radius 1 is 1.26 bits per heavy atom. The fourth-order valence-corrected chi connectivity index (χ4v) is 2.43. The van der Waals surface area contributed by atoms with Crippen molar-refractivity contribution in [3.63, 3.8) is 0 Å². The van der Waals surface area contributed by atoms with Crippen LogP contribution in [0.4, 0.5) is 13.6 Å². The molecule has 5 heteroatoms. The number of nitrogens with one attached hydrogen (secondary N) is 1. The van der Waals surface area contributed by atoms with Gasteiger partial charge < -0.3 is 10.1 Å². The van der Waals surface area contributed by atoms with E-state index in [2.05, 4.69) is 5.32 Å². The average Bonchev–Trinajstić information content (AvgIpc) is 2.25. The maximum atomic E-state index is 12.1. The molecule has 1 amide bonds. The van der Waals surface area contributed by atoms with E-state index in [1.807, 2.05) is 20.8 Å². The highest BCUT2D eigenvalue weighted by Crippen LogP contribution is 2.29. The molecule has 0 spiro atoms. The van der Waals surface area contributed by atoms with Gasteiger partial charge in [-0.2, -0.15) is 0 Å². The molecule has 0 bridgehead atoms. The first-order valence-corrected chi connectivity index (χ1v) is 7.04. The highest BCUT2D eigenvalue weighted by molar-refractivity contribution is 5.68. The number of carbonyl (C=O) groups excluding carboxylic acids is 1. The minimum Gasteiger partial charge on any atom is -0.444 e. The van der Waals surface area contributed by atoms with Crippen LogP contribution in [0.5, 0.6) is 0 Å². The van der Waals surface area contributed by atoms with Crippen LogP contribution in [0.1, 0.15) is 59.3 Å². The molecule has 0 radical (unpaired) electrons. The summed E-state index contributed by atoms with van der Waals surface area (Å²) in [6.07, 6.45) is 1.54. The summed E-state index contributed by atoms with van der Waals surface area (Å²) in [5.74, 6) is 0.380. The van der Waals surface area contributed by atoms with E-state index in [4.69, 9.17) is 4.74 Å². The van der Waals surface area contributed by atoms with Gasteiger partial charge in [0.1, 0.15) is 5.60 Å². The molecular formula is C14H25F2NO2. The summed E-state index contributed by atoms with van der Waals surface area (Å²) in [6.45, 7) is 5.48. The van der Waals surface area contributed by atoms with Crippen molar-refractivity contribution in [1.82, 2.24) is 5.32 Å². The molecular weight excluding hydrogens is 252 g/mol. The van der Waals surface area contributed by atoms with Gasteiger partial charge in [0.15, 0.2) is 0 Å². The Kier molecular flexibility index (Phi) is 6.01. The van der Waals surface area contributed by atoms with Crippen molar-refractivity contribution in [1.29, 1.82) is 0 Å². The van der Waals surface area contributed by atoms with Gasteiger partial charge in [0.25, 0.3) is 0 Å². The Hall–Kier alpha value is -0.870. The van der Waals surface area contributed by atoms with Crippen molar-refractivity contribution in [3.8, 4) is 0 Å². The van der Waals surface area contributed by atoms with Gasteiger partial charge in [-0.15, -0.1) is 0 Å². The molecule has 1 rings (SSSR count). The van der Waals surface area contributed by atoms with Gasteiger partial charge in [0.2, 0.25) is 6.43 Å². The van der Waals surface area contributed by atoms with Gasteiger partial charge in [-0.25, -0.2) is 13.6 Å². The van der Waals surface area contributed by atoms with Crippen LogP contribution >= 0.6 is 0 Å². The Balaban J connectivity index is 2.21. The largest absolute Gasteiger partial charge is 0.444 e. The number of alkyl halides is 2. The average molecular weight is 277 g/mol.